The Bertz CT molecular complexity index is 350. The smallest absolute Gasteiger partial charge is 0.548 e. The summed E-state index contributed by atoms with van der Waals surface area (Å²) in [5.41, 5.74) is 0. The summed E-state index contributed by atoms with van der Waals surface area (Å²) in [6, 6.07) is -1.50. The first-order chi connectivity index (χ1) is 8.40. The molecule has 19 heavy (non-hydrogen) atoms. The number of carbonyl (C=O) groups excluding carboxylic acids is 4. The van der Waals surface area contributed by atoms with Gasteiger partial charge in [-0.25, -0.2) is 0 Å². The summed E-state index contributed by atoms with van der Waals surface area (Å²) in [4.78, 5) is 40.8. The Morgan fingerprint density at radius 3 is 1.32 bits per heavy atom. The van der Waals surface area contributed by atoms with E-state index in [-0.39, 0.29) is 28.9 Å². The molecule has 2 amide bonds. The molecule has 2 N–H and O–H groups in total. The van der Waals surface area contributed by atoms with E-state index in [1.54, 1.807) is 0 Å². The van der Waals surface area contributed by atoms with Gasteiger partial charge >= 0.3 is 17.1 Å². The van der Waals surface area contributed by atoms with E-state index >= 15 is 0 Å². The monoisotopic (exact) mass is 311 g/mol. The van der Waals surface area contributed by atoms with Gasteiger partial charge in [-0.1, -0.05) is 0 Å². The van der Waals surface area contributed by atoms with Gasteiger partial charge in [0.25, 0.3) is 0 Å². The van der Waals surface area contributed by atoms with Gasteiger partial charge in [0.2, 0.25) is 11.8 Å². The molecule has 2 heterocycles. The minimum atomic E-state index is -1.19. The fourth-order valence-electron chi connectivity index (χ4n) is 1.58. The fourth-order valence-corrected chi connectivity index (χ4v) is 1.58. The summed E-state index contributed by atoms with van der Waals surface area (Å²) in [7, 11) is 0. The maximum atomic E-state index is 10.4. The Hall–Kier alpha value is -1.60. The van der Waals surface area contributed by atoms with Gasteiger partial charge in [-0.15, -0.1) is 0 Å². The molecule has 9 heteroatoms. The topological polar surface area (TPSA) is 138 Å². The predicted octanol–water partition coefficient (Wildman–Crippen LogP) is -3.97. The zero-order valence-corrected chi connectivity index (χ0v) is 11.0. The molecule has 2 fully saturated rings. The second kappa shape index (κ2) is 7.75. The van der Waals surface area contributed by atoms with Gasteiger partial charge in [0, 0.05) is 12.8 Å². The molecular formula is C10H12MnN2O6. The molecule has 0 aromatic rings. The van der Waals surface area contributed by atoms with Crippen molar-refractivity contribution in [1.82, 2.24) is 10.6 Å². The zero-order valence-electron chi connectivity index (χ0n) is 9.81. The second-order valence-electron chi connectivity index (χ2n) is 3.96. The molecule has 0 aliphatic carbocycles. The first-order valence-corrected chi connectivity index (χ1v) is 5.40. The average Bonchev–Trinajstić information content (AvgIpc) is 2.88. The Labute approximate surface area is 119 Å². The predicted molar refractivity (Wildman–Crippen MR) is 52.3 cm³/mol. The molecule has 1 radical (unpaired) electrons. The quantitative estimate of drug-likeness (QED) is 0.499. The van der Waals surface area contributed by atoms with E-state index in [2.05, 4.69) is 10.6 Å². The van der Waals surface area contributed by atoms with Crippen LogP contribution < -0.4 is 20.8 Å². The van der Waals surface area contributed by atoms with Crippen molar-refractivity contribution >= 4 is 23.8 Å². The Morgan fingerprint density at radius 1 is 0.895 bits per heavy atom. The summed E-state index contributed by atoms with van der Waals surface area (Å²) in [5.74, 6) is -2.80. The maximum Gasteiger partial charge on any atom is 2.00 e. The maximum absolute atomic E-state index is 10.4. The molecule has 0 bridgehead atoms. The average molecular weight is 311 g/mol. The normalized spacial score (nSPS) is 24.4. The molecule has 2 aliphatic heterocycles. The molecule has 0 aromatic carbocycles. The van der Waals surface area contributed by atoms with Crippen molar-refractivity contribution in [2.75, 3.05) is 0 Å². The van der Waals surface area contributed by atoms with E-state index in [4.69, 9.17) is 0 Å². The summed E-state index contributed by atoms with van der Waals surface area (Å²) in [6.45, 7) is 0. The molecule has 2 aliphatic rings. The molecule has 2 rings (SSSR count). The van der Waals surface area contributed by atoms with Gasteiger partial charge in [0.1, 0.15) is 0 Å². The van der Waals surface area contributed by atoms with Crippen molar-refractivity contribution in [3.63, 3.8) is 0 Å². The van der Waals surface area contributed by atoms with E-state index in [1.165, 1.54) is 0 Å². The van der Waals surface area contributed by atoms with Crippen molar-refractivity contribution in [1.29, 1.82) is 0 Å². The van der Waals surface area contributed by atoms with Gasteiger partial charge in [0.05, 0.1) is 24.0 Å². The number of hydrogen-bond donors (Lipinski definition) is 2. The van der Waals surface area contributed by atoms with Crippen LogP contribution in [0.15, 0.2) is 0 Å². The first-order valence-electron chi connectivity index (χ1n) is 5.40. The van der Waals surface area contributed by atoms with E-state index in [0.29, 0.717) is 25.7 Å². The summed E-state index contributed by atoms with van der Waals surface area (Å²) in [5, 5.41) is 24.5. The zero-order chi connectivity index (χ0) is 13.7. The van der Waals surface area contributed by atoms with Crippen LogP contribution in [0.2, 0.25) is 0 Å². The molecule has 105 valence electrons. The van der Waals surface area contributed by atoms with Crippen molar-refractivity contribution in [2.24, 2.45) is 0 Å². The van der Waals surface area contributed by atoms with Gasteiger partial charge in [-0.05, 0) is 12.8 Å². The number of amides is 2. The Morgan fingerprint density at radius 2 is 1.21 bits per heavy atom. The number of nitrogens with one attached hydrogen (secondary N) is 2. The molecular weight excluding hydrogens is 299 g/mol. The van der Waals surface area contributed by atoms with Crippen molar-refractivity contribution in [2.45, 2.75) is 37.8 Å². The van der Waals surface area contributed by atoms with Crippen LogP contribution in [-0.2, 0) is 36.2 Å². The van der Waals surface area contributed by atoms with Crippen LogP contribution in [0.25, 0.3) is 0 Å². The van der Waals surface area contributed by atoms with Crippen LogP contribution >= 0.6 is 0 Å². The molecule has 2 atom stereocenters. The number of carbonyl (C=O) groups is 4. The Balaban J connectivity index is 0.000000324. The number of rotatable bonds is 2. The molecule has 2 saturated heterocycles. The van der Waals surface area contributed by atoms with Crippen LogP contribution in [0.3, 0.4) is 0 Å². The largest absolute Gasteiger partial charge is 2.00 e. The Kier molecular flexibility index (Phi) is 7.10. The SMILES string of the molecule is O=C1CC[C@@H](C(=O)[O-])N1.O=C1CC[C@@H](C(=O)[O-])N1.[Mn+2]. The van der Waals surface area contributed by atoms with Crippen LogP contribution in [-0.4, -0.2) is 35.8 Å². The van der Waals surface area contributed by atoms with Crippen molar-refractivity contribution < 1.29 is 46.5 Å². The number of hydrogen-bond acceptors (Lipinski definition) is 6. The van der Waals surface area contributed by atoms with Crippen LogP contribution in [0.5, 0.6) is 0 Å². The van der Waals surface area contributed by atoms with Gasteiger partial charge in [-0.3, -0.25) is 9.59 Å². The van der Waals surface area contributed by atoms with Gasteiger partial charge < -0.3 is 30.4 Å². The van der Waals surface area contributed by atoms with Gasteiger partial charge in [0.15, 0.2) is 0 Å². The van der Waals surface area contributed by atoms with Crippen molar-refractivity contribution in [3.05, 3.63) is 0 Å². The second-order valence-corrected chi connectivity index (χ2v) is 3.96. The number of carboxylic acid groups (broad SMARTS) is 2. The summed E-state index contributed by atoms with van der Waals surface area (Å²) >= 11 is 0. The number of carboxylic acids is 2. The van der Waals surface area contributed by atoms with E-state index in [9.17, 15) is 29.4 Å². The first kappa shape index (κ1) is 17.4. The molecule has 0 aromatic heterocycles. The molecule has 8 nitrogen and oxygen atoms in total. The van der Waals surface area contributed by atoms with E-state index < -0.39 is 24.0 Å². The van der Waals surface area contributed by atoms with E-state index in [0.717, 1.165) is 0 Å². The minimum Gasteiger partial charge on any atom is -0.548 e. The molecule has 0 saturated carbocycles. The third-order valence-electron chi connectivity index (χ3n) is 2.56. The minimum absolute atomic E-state index is 0. The van der Waals surface area contributed by atoms with Crippen LogP contribution in [0, 0.1) is 0 Å². The fraction of sp³-hybridized carbons (Fsp3) is 0.600. The third kappa shape index (κ3) is 5.71. The van der Waals surface area contributed by atoms with Gasteiger partial charge in [-0.2, -0.15) is 0 Å². The van der Waals surface area contributed by atoms with Crippen LogP contribution in [0.4, 0.5) is 0 Å². The van der Waals surface area contributed by atoms with Crippen LogP contribution in [0.1, 0.15) is 25.7 Å². The summed E-state index contributed by atoms with van der Waals surface area (Å²) in [6.07, 6.45) is 1.33. The number of aliphatic carboxylic acids is 2. The standard InChI is InChI=1S/2C5H7NO3.Mn/c2*7-4-2-1-3(6-4)5(8)9;/h2*3H,1-2H2,(H,6,7)(H,8,9);/q;;+2/p-2/t2*3-;/m00./s1. The molecule has 0 unspecified atom stereocenters. The molecule has 0 spiro atoms. The third-order valence-corrected chi connectivity index (χ3v) is 2.56. The summed E-state index contributed by atoms with van der Waals surface area (Å²) < 4.78 is 0. The van der Waals surface area contributed by atoms with Crippen molar-refractivity contribution in [3.8, 4) is 0 Å². The van der Waals surface area contributed by atoms with E-state index in [1.807, 2.05) is 0 Å².